The Balaban J connectivity index is 2.05. The maximum Gasteiger partial charge on any atom is 0.150 e. The van der Waals surface area contributed by atoms with Crippen molar-refractivity contribution in [2.45, 2.75) is 18.9 Å². The smallest absolute Gasteiger partial charge is 0.150 e. The van der Waals surface area contributed by atoms with Crippen LogP contribution in [-0.4, -0.2) is 31.1 Å². The summed E-state index contributed by atoms with van der Waals surface area (Å²) in [4.78, 5) is 0. The highest BCUT2D eigenvalue weighted by Gasteiger charge is 2.33. The van der Waals surface area contributed by atoms with Crippen molar-refractivity contribution in [2.24, 2.45) is 5.92 Å². The molecule has 1 fully saturated rings. The molecule has 1 heterocycles. The average molecular weight is 276 g/mol. The Morgan fingerprint density at radius 1 is 1.39 bits per heavy atom. The summed E-state index contributed by atoms with van der Waals surface area (Å²) >= 11 is 0. The molecule has 2 rings (SSSR count). The molecule has 1 saturated heterocycles. The van der Waals surface area contributed by atoms with Crippen molar-refractivity contribution in [3.05, 3.63) is 35.4 Å². The molecule has 2 unspecified atom stereocenters. The van der Waals surface area contributed by atoms with Crippen LogP contribution < -0.4 is 0 Å². The molecule has 0 saturated carbocycles. The van der Waals surface area contributed by atoms with Crippen molar-refractivity contribution in [1.29, 1.82) is 0 Å². The average Bonchev–Trinajstić information content (AvgIpc) is 2.63. The molecule has 1 aromatic carbocycles. The van der Waals surface area contributed by atoms with Crippen molar-refractivity contribution in [1.82, 2.24) is 0 Å². The van der Waals surface area contributed by atoms with Gasteiger partial charge in [0.1, 0.15) is 11.6 Å². The van der Waals surface area contributed by atoms with Crippen LogP contribution in [0, 0.1) is 17.6 Å². The number of hydrogen-bond acceptors (Lipinski definition) is 3. The first kappa shape index (κ1) is 13.4. The number of halogens is 2. The van der Waals surface area contributed by atoms with Gasteiger partial charge in [0.15, 0.2) is 9.84 Å². The molecular weight excluding hydrogens is 262 g/mol. The van der Waals surface area contributed by atoms with E-state index in [0.29, 0.717) is 6.42 Å². The molecule has 6 heteroatoms. The lowest BCUT2D eigenvalue weighted by atomic mass is 9.95. The fraction of sp³-hybridized carbons (Fsp3) is 0.500. The summed E-state index contributed by atoms with van der Waals surface area (Å²) in [6, 6.07) is 3.15. The van der Waals surface area contributed by atoms with Crippen molar-refractivity contribution in [2.75, 3.05) is 11.5 Å². The lowest BCUT2D eigenvalue weighted by Gasteiger charge is -2.16. The largest absolute Gasteiger partial charge is 0.392 e. The second-order valence-corrected chi connectivity index (χ2v) is 6.90. The Kier molecular flexibility index (Phi) is 3.68. The van der Waals surface area contributed by atoms with Crippen LogP contribution in [0.1, 0.15) is 12.0 Å². The molecule has 2 atom stereocenters. The summed E-state index contributed by atoms with van der Waals surface area (Å²) in [6.07, 6.45) is -0.513. The summed E-state index contributed by atoms with van der Waals surface area (Å²) in [5.74, 6) is -1.74. The van der Waals surface area contributed by atoms with E-state index in [1.165, 1.54) is 6.07 Å². The topological polar surface area (TPSA) is 54.4 Å². The maximum absolute atomic E-state index is 13.4. The minimum Gasteiger partial charge on any atom is -0.392 e. The Hall–Kier alpha value is -1.01. The lowest BCUT2D eigenvalue weighted by molar-refractivity contribution is 0.119. The minimum atomic E-state index is -3.06. The Morgan fingerprint density at radius 2 is 2.11 bits per heavy atom. The molecule has 0 aromatic heterocycles. The van der Waals surface area contributed by atoms with Crippen molar-refractivity contribution in [3.8, 4) is 0 Å². The SMILES string of the molecule is O=S1(=O)CCC(C(O)Cc2ccc(F)cc2F)C1. The van der Waals surface area contributed by atoms with E-state index in [1.54, 1.807) is 0 Å². The molecule has 0 aliphatic carbocycles. The second-order valence-electron chi connectivity index (χ2n) is 4.67. The molecular formula is C12H14F2O3S. The zero-order valence-corrected chi connectivity index (χ0v) is 10.5. The molecule has 1 N–H and O–H groups in total. The molecule has 1 aromatic rings. The second kappa shape index (κ2) is 4.93. The number of hydrogen-bond donors (Lipinski definition) is 1. The Bertz CT molecular complexity index is 542. The molecule has 100 valence electrons. The highest BCUT2D eigenvalue weighted by molar-refractivity contribution is 7.91. The van der Waals surface area contributed by atoms with Gasteiger partial charge in [-0.15, -0.1) is 0 Å². The minimum absolute atomic E-state index is 0.00625. The van der Waals surface area contributed by atoms with Crippen LogP contribution in [0.2, 0.25) is 0 Å². The molecule has 0 bridgehead atoms. The van der Waals surface area contributed by atoms with Gasteiger partial charge in [-0.1, -0.05) is 6.07 Å². The van der Waals surface area contributed by atoms with E-state index < -0.39 is 27.6 Å². The van der Waals surface area contributed by atoms with E-state index in [4.69, 9.17) is 0 Å². The predicted molar refractivity (Wildman–Crippen MR) is 62.8 cm³/mol. The summed E-state index contributed by atoms with van der Waals surface area (Å²) in [7, 11) is -3.06. The van der Waals surface area contributed by atoms with Gasteiger partial charge in [0.05, 0.1) is 17.6 Å². The zero-order valence-electron chi connectivity index (χ0n) is 9.64. The monoisotopic (exact) mass is 276 g/mol. The van der Waals surface area contributed by atoms with E-state index in [0.717, 1.165) is 12.1 Å². The number of sulfone groups is 1. The van der Waals surface area contributed by atoms with Crippen LogP contribution in [0.15, 0.2) is 18.2 Å². The van der Waals surface area contributed by atoms with Crippen LogP contribution in [0.3, 0.4) is 0 Å². The quantitative estimate of drug-likeness (QED) is 0.905. The number of aliphatic hydroxyl groups is 1. The van der Waals surface area contributed by atoms with Crippen LogP contribution in [0.25, 0.3) is 0 Å². The summed E-state index contributed by atoms with van der Waals surface area (Å²) in [6.45, 7) is 0. The summed E-state index contributed by atoms with van der Waals surface area (Å²) < 4.78 is 48.6. The first-order valence-corrected chi connectivity index (χ1v) is 7.52. The van der Waals surface area contributed by atoms with Gasteiger partial charge < -0.3 is 5.11 Å². The molecule has 0 amide bonds. The molecule has 1 aliphatic rings. The first-order chi connectivity index (χ1) is 8.37. The maximum atomic E-state index is 13.4. The summed E-state index contributed by atoms with van der Waals surface area (Å²) in [5.41, 5.74) is 0.202. The third-order valence-electron chi connectivity index (χ3n) is 3.26. The van der Waals surface area contributed by atoms with Crippen molar-refractivity contribution in [3.63, 3.8) is 0 Å². The molecule has 0 spiro atoms. The molecule has 0 radical (unpaired) electrons. The van der Waals surface area contributed by atoms with Crippen LogP contribution in [0.5, 0.6) is 0 Å². The number of benzene rings is 1. The predicted octanol–water partition coefficient (Wildman–Crippen LogP) is 1.30. The third kappa shape index (κ3) is 3.05. The van der Waals surface area contributed by atoms with Crippen LogP contribution >= 0.6 is 0 Å². The van der Waals surface area contributed by atoms with Crippen LogP contribution in [0.4, 0.5) is 8.78 Å². The van der Waals surface area contributed by atoms with Gasteiger partial charge >= 0.3 is 0 Å². The Labute approximate surface area is 104 Å². The fourth-order valence-corrected chi connectivity index (χ4v) is 4.08. The van der Waals surface area contributed by atoms with Gasteiger partial charge in [0.25, 0.3) is 0 Å². The first-order valence-electron chi connectivity index (χ1n) is 5.70. The van der Waals surface area contributed by atoms with Gasteiger partial charge in [0.2, 0.25) is 0 Å². The van der Waals surface area contributed by atoms with E-state index >= 15 is 0 Å². The standard InChI is InChI=1S/C12H14F2O3S/c13-10-2-1-8(11(14)6-10)5-12(15)9-3-4-18(16,17)7-9/h1-2,6,9,12,15H,3-5,7H2. The third-order valence-corrected chi connectivity index (χ3v) is 5.05. The normalized spacial score (nSPS) is 24.1. The van der Waals surface area contributed by atoms with Gasteiger partial charge in [-0.05, 0) is 18.1 Å². The number of rotatable bonds is 3. The van der Waals surface area contributed by atoms with Crippen molar-refractivity contribution < 1.29 is 22.3 Å². The van der Waals surface area contributed by atoms with E-state index in [2.05, 4.69) is 0 Å². The van der Waals surface area contributed by atoms with Gasteiger partial charge in [-0.3, -0.25) is 0 Å². The van der Waals surface area contributed by atoms with E-state index in [9.17, 15) is 22.3 Å². The zero-order chi connectivity index (χ0) is 13.3. The van der Waals surface area contributed by atoms with Crippen LogP contribution in [-0.2, 0) is 16.3 Å². The van der Waals surface area contributed by atoms with E-state index in [-0.39, 0.29) is 29.4 Å². The lowest BCUT2D eigenvalue weighted by Crippen LogP contribution is -2.24. The van der Waals surface area contributed by atoms with Gasteiger partial charge in [0, 0.05) is 18.4 Å². The van der Waals surface area contributed by atoms with E-state index in [1.807, 2.05) is 0 Å². The van der Waals surface area contributed by atoms with Gasteiger partial charge in [-0.25, -0.2) is 17.2 Å². The Morgan fingerprint density at radius 3 is 2.67 bits per heavy atom. The van der Waals surface area contributed by atoms with Crippen molar-refractivity contribution >= 4 is 9.84 Å². The highest BCUT2D eigenvalue weighted by atomic mass is 32.2. The fourth-order valence-electron chi connectivity index (χ4n) is 2.21. The summed E-state index contributed by atoms with van der Waals surface area (Å²) in [5, 5.41) is 9.90. The molecule has 18 heavy (non-hydrogen) atoms. The highest BCUT2D eigenvalue weighted by Crippen LogP contribution is 2.24. The van der Waals surface area contributed by atoms with Gasteiger partial charge in [-0.2, -0.15) is 0 Å². The number of aliphatic hydroxyl groups excluding tert-OH is 1. The molecule has 3 nitrogen and oxygen atoms in total. The molecule has 1 aliphatic heterocycles.